The Balaban J connectivity index is 2.02. The quantitative estimate of drug-likeness (QED) is 0.481. The Labute approximate surface area is 56.0 Å². The molecular formula is C7H14N2. The number of nitrogens with one attached hydrogen (secondary N) is 2. The lowest BCUT2D eigenvalue weighted by atomic mass is 10.1. The molecule has 9 heavy (non-hydrogen) atoms. The van der Waals surface area contributed by atoms with Crippen LogP contribution in [0.15, 0.2) is 0 Å². The molecule has 2 aliphatic rings. The molecule has 0 aromatic heterocycles. The van der Waals surface area contributed by atoms with Gasteiger partial charge in [-0.2, -0.15) is 0 Å². The molecule has 0 aromatic carbocycles. The van der Waals surface area contributed by atoms with Crippen molar-refractivity contribution in [2.45, 2.75) is 37.9 Å². The predicted molar refractivity (Wildman–Crippen MR) is 37.4 cm³/mol. The summed E-state index contributed by atoms with van der Waals surface area (Å²) < 4.78 is 0. The zero-order valence-corrected chi connectivity index (χ0v) is 5.85. The van der Waals surface area contributed by atoms with Gasteiger partial charge in [0, 0.05) is 18.1 Å². The van der Waals surface area contributed by atoms with Crippen molar-refractivity contribution in [3.8, 4) is 0 Å². The highest BCUT2D eigenvalue weighted by molar-refractivity contribution is 4.97. The van der Waals surface area contributed by atoms with Gasteiger partial charge in [-0.3, -0.25) is 0 Å². The first-order chi connectivity index (χ1) is 4.36. The Morgan fingerprint density at radius 2 is 2.22 bits per heavy atom. The molecule has 2 N–H and O–H groups in total. The van der Waals surface area contributed by atoms with E-state index >= 15 is 0 Å². The van der Waals surface area contributed by atoms with Crippen LogP contribution < -0.4 is 10.6 Å². The minimum atomic E-state index is 0.743. The zero-order chi connectivity index (χ0) is 6.27. The first-order valence-electron chi connectivity index (χ1n) is 3.86. The molecule has 3 unspecified atom stereocenters. The minimum Gasteiger partial charge on any atom is -0.312 e. The molecule has 2 rings (SSSR count). The Hall–Kier alpha value is -0.0800. The van der Waals surface area contributed by atoms with Gasteiger partial charge in [-0.05, 0) is 26.3 Å². The van der Waals surface area contributed by atoms with Gasteiger partial charge >= 0.3 is 0 Å². The van der Waals surface area contributed by atoms with Gasteiger partial charge in [0.05, 0.1) is 0 Å². The van der Waals surface area contributed by atoms with E-state index in [0.29, 0.717) is 0 Å². The molecule has 0 aliphatic carbocycles. The van der Waals surface area contributed by atoms with Crippen molar-refractivity contribution in [3.05, 3.63) is 0 Å². The van der Waals surface area contributed by atoms with Gasteiger partial charge in [0.15, 0.2) is 0 Å². The summed E-state index contributed by atoms with van der Waals surface area (Å²) in [6.07, 6.45) is 2.65. The van der Waals surface area contributed by atoms with E-state index in [0.717, 1.165) is 18.1 Å². The standard InChI is InChI=1S/C7H14N2/c1-5-4-7-6(9-5)2-3-8-7/h5-9H,2-4H2,1H3. The summed E-state index contributed by atoms with van der Waals surface area (Å²) in [6, 6.07) is 2.33. The Bertz CT molecular complexity index is 101. The summed E-state index contributed by atoms with van der Waals surface area (Å²) in [5.74, 6) is 0. The lowest BCUT2D eigenvalue weighted by Gasteiger charge is -2.06. The van der Waals surface area contributed by atoms with E-state index in [4.69, 9.17) is 0 Å². The van der Waals surface area contributed by atoms with Crippen molar-refractivity contribution in [1.82, 2.24) is 10.6 Å². The maximum Gasteiger partial charge on any atom is 0.0236 e. The Morgan fingerprint density at radius 1 is 1.33 bits per heavy atom. The van der Waals surface area contributed by atoms with Crippen molar-refractivity contribution in [1.29, 1.82) is 0 Å². The van der Waals surface area contributed by atoms with Crippen molar-refractivity contribution < 1.29 is 0 Å². The zero-order valence-electron chi connectivity index (χ0n) is 5.85. The summed E-state index contributed by atoms with van der Waals surface area (Å²) in [5.41, 5.74) is 0. The van der Waals surface area contributed by atoms with Crippen LogP contribution in [-0.4, -0.2) is 24.7 Å². The van der Waals surface area contributed by atoms with Crippen molar-refractivity contribution in [2.75, 3.05) is 6.54 Å². The fourth-order valence-corrected chi connectivity index (χ4v) is 2.03. The average Bonchev–Trinajstić information content (AvgIpc) is 2.22. The van der Waals surface area contributed by atoms with Crippen LogP contribution >= 0.6 is 0 Å². The van der Waals surface area contributed by atoms with Gasteiger partial charge in [-0.25, -0.2) is 0 Å². The van der Waals surface area contributed by atoms with Crippen LogP contribution in [0.3, 0.4) is 0 Å². The third-order valence-corrected chi connectivity index (χ3v) is 2.45. The van der Waals surface area contributed by atoms with E-state index in [1.54, 1.807) is 0 Å². The van der Waals surface area contributed by atoms with Crippen molar-refractivity contribution in [2.24, 2.45) is 0 Å². The van der Waals surface area contributed by atoms with Crippen LogP contribution in [0.2, 0.25) is 0 Å². The molecule has 2 saturated heterocycles. The molecule has 2 nitrogen and oxygen atoms in total. The average molecular weight is 126 g/mol. The van der Waals surface area contributed by atoms with Gasteiger partial charge in [0.2, 0.25) is 0 Å². The topological polar surface area (TPSA) is 24.1 Å². The maximum atomic E-state index is 3.55. The summed E-state index contributed by atoms with van der Waals surface area (Å²) in [6.45, 7) is 3.48. The molecular weight excluding hydrogens is 112 g/mol. The largest absolute Gasteiger partial charge is 0.312 e. The van der Waals surface area contributed by atoms with Crippen LogP contribution in [0, 0.1) is 0 Å². The summed E-state index contributed by atoms with van der Waals surface area (Å²) in [4.78, 5) is 0. The second kappa shape index (κ2) is 1.96. The summed E-state index contributed by atoms with van der Waals surface area (Å²) in [7, 11) is 0. The van der Waals surface area contributed by atoms with E-state index in [2.05, 4.69) is 17.6 Å². The fourth-order valence-electron chi connectivity index (χ4n) is 2.03. The van der Waals surface area contributed by atoms with Gasteiger partial charge < -0.3 is 10.6 Å². The highest BCUT2D eigenvalue weighted by atomic mass is 15.1. The van der Waals surface area contributed by atoms with Gasteiger partial charge in [-0.1, -0.05) is 0 Å². The molecule has 0 amide bonds. The molecule has 2 heteroatoms. The van der Waals surface area contributed by atoms with Crippen LogP contribution in [-0.2, 0) is 0 Å². The third-order valence-electron chi connectivity index (χ3n) is 2.45. The van der Waals surface area contributed by atoms with E-state index in [-0.39, 0.29) is 0 Å². The Morgan fingerprint density at radius 3 is 3.00 bits per heavy atom. The van der Waals surface area contributed by atoms with Crippen LogP contribution in [0.5, 0.6) is 0 Å². The number of hydrogen-bond donors (Lipinski definition) is 2. The van der Waals surface area contributed by atoms with Crippen LogP contribution in [0.1, 0.15) is 19.8 Å². The monoisotopic (exact) mass is 126 g/mol. The lowest BCUT2D eigenvalue weighted by molar-refractivity contribution is 0.562. The molecule has 52 valence electrons. The molecule has 0 saturated carbocycles. The second-order valence-corrected chi connectivity index (χ2v) is 3.26. The van der Waals surface area contributed by atoms with E-state index in [1.165, 1.54) is 19.4 Å². The number of hydrogen-bond acceptors (Lipinski definition) is 2. The Kier molecular flexibility index (Phi) is 1.24. The lowest BCUT2D eigenvalue weighted by Crippen LogP contribution is -2.30. The van der Waals surface area contributed by atoms with Gasteiger partial charge in [0.25, 0.3) is 0 Å². The minimum absolute atomic E-state index is 0.743. The molecule has 2 aliphatic heterocycles. The van der Waals surface area contributed by atoms with Gasteiger partial charge in [-0.15, -0.1) is 0 Å². The van der Waals surface area contributed by atoms with Crippen LogP contribution in [0.25, 0.3) is 0 Å². The van der Waals surface area contributed by atoms with Crippen molar-refractivity contribution in [3.63, 3.8) is 0 Å². The molecule has 0 bridgehead atoms. The molecule has 0 radical (unpaired) electrons. The smallest absolute Gasteiger partial charge is 0.0236 e. The maximum absolute atomic E-state index is 3.55. The van der Waals surface area contributed by atoms with Gasteiger partial charge in [0.1, 0.15) is 0 Å². The summed E-state index contributed by atoms with van der Waals surface area (Å²) >= 11 is 0. The fraction of sp³-hybridized carbons (Fsp3) is 1.00. The van der Waals surface area contributed by atoms with E-state index in [9.17, 15) is 0 Å². The molecule has 2 heterocycles. The first kappa shape index (κ1) is 5.69. The molecule has 3 atom stereocenters. The third kappa shape index (κ3) is 0.864. The normalized spacial score (nSPS) is 49.7. The van der Waals surface area contributed by atoms with Crippen molar-refractivity contribution >= 4 is 0 Å². The highest BCUT2D eigenvalue weighted by Gasteiger charge is 2.34. The molecule has 0 spiro atoms. The SMILES string of the molecule is CC1CC2NCCC2N1. The van der Waals surface area contributed by atoms with E-state index in [1.807, 2.05) is 0 Å². The number of fused-ring (bicyclic) bond motifs is 1. The highest BCUT2D eigenvalue weighted by Crippen LogP contribution is 2.19. The number of rotatable bonds is 0. The first-order valence-corrected chi connectivity index (χ1v) is 3.86. The second-order valence-electron chi connectivity index (χ2n) is 3.26. The van der Waals surface area contributed by atoms with E-state index < -0.39 is 0 Å². The van der Waals surface area contributed by atoms with Crippen LogP contribution in [0.4, 0.5) is 0 Å². The predicted octanol–water partition coefficient (Wildman–Crippen LogP) is 0.0987. The summed E-state index contributed by atoms with van der Waals surface area (Å²) in [5, 5.41) is 7.04. The molecule has 2 fully saturated rings. The molecule has 0 aromatic rings.